The number of aromatic nitrogens is 1. The first-order valence-electron chi connectivity index (χ1n) is 8.88. The van der Waals surface area contributed by atoms with E-state index in [2.05, 4.69) is 27.0 Å². The van der Waals surface area contributed by atoms with Gasteiger partial charge in [-0.05, 0) is 49.4 Å². The smallest absolute Gasteiger partial charge is 0.161 e. The summed E-state index contributed by atoms with van der Waals surface area (Å²) in [5, 5.41) is 9.70. The van der Waals surface area contributed by atoms with Crippen molar-refractivity contribution in [3.8, 4) is 45.7 Å². The van der Waals surface area contributed by atoms with Gasteiger partial charge >= 0.3 is 0 Å². The summed E-state index contributed by atoms with van der Waals surface area (Å²) in [5.74, 6) is 2.01. The minimum atomic E-state index is 0.150. The van der Waals surface area contributed by atoms with Crippen LogP contribution in [0.4, 0.5) is 5.82 Å². The number of rotatable bonds is 6. The highest BCUT2D eigenvalue weighted by Gasteiger charge is 2.18. The second-order valence-electron chi connectivity index (χ2n) is 6.07. The van der Waals surface area contributed by atoms with E-state index in [1.54, 1.807) is 20.3 Å². The lowest BCUT2D eigenvalue weighted by molar-refractivity contribution is 0.341. The van der Waals surface area contributed by atoms with Crippen LogP contribution in [0.25, 0.3) is 22.4 Å². The Hall–Kier alpha value is -3.24. The number of benzene rings is 2. The molecular weight excluding hydrogens is 434 g/mol. The van der Waals surface area contributed by atoms with E-state index in [9.17, 15) is 5.26 Å². The maximum atomic E-state index is 9.70. The highest BCUT2D eigenvalue weighted by atomic mass is 79.9. The first-order chi connectivity index (χ1) is 14.0. The third-order valence-corrected chi connectivity index (χ3v) is 4.86. The SMILES string of the molecule is CCOc1ccc(Br)cc1-c1cc(-c2ccc(OC)c(OC)c2)nc(N)c1C#N. The quantitative estimate of drug-likeness (QED) is 0.561. The molecular formula is C22H20BrN3O3. The number of ether oxygens (including phenoxy) is 3. The number of hydrogen-bond donors (Lipinski definition) is 1. The zero-order valence-corrected chi connectivity index (χ0v) is 17.9. The zero-order chi connectivity index (χ0) is 21.0. The van der Waals surface area contributed by atoms with Gasteiger partial charge in [0.25, 0.3) is 0 Å². The van der Waals surface area contributed by atoms with Crippen molar-refractivity contribution in [2.24, 2.45) is 0 Å². The van der Waals surface area contributed by atoms with Crippen LogP contribution in [0.15, 0.2) is 46.9 Å². The Balaban J connectivity index is 2.24. The molecule has 1 aromatic heterocycles. The third kappa shape index (κ3) is 4.13. The fourth-order valence-electron chi connectivity index (χ4n) is 3.03. The van der Waals surface area contributed by atoms with E-state index in [0.29, 0.717) is 40.7 Å². The number of anilines is 1. The summed E-state index contributed by atoms with van der Waals surface area (Å²) in [4.78, 5) is 4.44. The molecule has 29 heavy (non-hydrogen) atoms. The van der Waals surface area contributed by atoms with Gasteiger partial charge in [0.15, 0.2) is 11.5 Å². The predicted molar refractivity (Wildman–Crippen MR) is 116 cm³/mol. The van der Waals surface area contributed by atoms with Crippen LogP contribution in [0.5, 0.6) is 17.2 Å². The molecule has 2 aromatic carbocycles. The standard InChI is InChI=1S/C22H20BrN3O3/c1-4-29-19-8-6-14(23)10-16(19)15-11-18(26-22(25)17(15)12-24)13-5-7-20(27-2)21(9-13)28-3/h5-11H,4H2,1-3H3,(H2,25,26). The topological polar surface area (TPSA) is 90.4 Å². The molecule has 0 aliphatic carbocycles. The molecule has 0 amide bonds. The zero-order valence-electron chi connectivity index (χ0n) is 16.3. The normalized spacial score (nSPS) is 10.3. The van der Waals surface area contributed by atoms with Crippen LogP contribution in [0.2, 0.25) is 0 Å². The summed E-state index contributed by atoms with van der Waals surface area (Å²) in [6.07, 6.45) is 0. The van der Waals surface area contributed by atoms with Crippen LogP contribution >= 0.6 is 15.9 Å². The van der Waals surface area contributed by atoms with Crippen molar-refractivity contribution in [2.45, 2.75) is 6.92 Å². The predicted octanol–water partition coefficient (Wildman–Crippen LogP) is 5.05. The van der Waals surface area contributed by atoms with Crippen LogP contribution in [-0.2, 0) is 0 Å². The fraction of sp³-hybridized carbons (Fsp3) is 0.182. The molecule has 2 N–H and O–H groups in total. The molecule has 0 fully saturated rings. The molecule has 7 heteroatoms. The second-order valence-corrected chi connectivity index (χ2v) is 6.99. The summed E-state index contributed by atoms with van der Waals surface area (Å²) in [6.45, 7) is 2.41. The third-order valence-electron chi connectivity index (χ3n) is 4.37. The van der Waals surface area contributed by atoms with E-state index in [1.807, 2.05) is 43.3 Å². The number of nitrogen functional groups attached to an aromatic ring is 1. The first-order valence-corrected chi connectivity index (χ1v) is 9.67. The van der Waals surface area contributed by atoms with Gasteiger partial charge in [0.2, 0.25) is 0 Å². The summed E-state index contributed by atoms with van der Waals surface area (Å²) in [6, 6.07) is 15.1. The lowest BCUT2D eigenvalue weighted by Crippen LogP contribution is -2.02. The Kier molecular flexibility index (Phi) is 6.25. The van der Waals surface area contributed by atoms with Crippen molar-refractivity contribution in [1.29, 1.82) is 5.26 Å². The molecule has 0 saturated carbocycles. The fourth-order valence-corrected chi connectivity index (χ4v) is 3.39. The summed E-state index contributed by atoms with van der Waals surface area (Å²) < 4.78 is 17.3. The Morgan fingerprint density at radius 2 is 1.72 bits per heavy atom. The van der Waals surface area contributed by atoms with E-state index in [1.165, 1.54) is 0 Å². The number of nitrogens with zero attached hydrogens (tertiary/aromatic N) is 2. The lowest BCUT2D eigenvalue weighted by Gasteiger charge is -2.15. The van der Waals surface area contributed by atoms with Gasteiger partial charge in [-0.2, -0.15) is 5.26 Å². The molecule has 6 nitrogen and oxygen atoms in total. The number of nitriles is 1. The minimum Gasteiger partial charge on any atom is -0.493 e. The molecule has 0 aliphatic heterocycles. The van der Waals surface area contributed by atoms with E-state index in [0.717, 1.165) is 15.6 Å². The first kappa shape index (κ1) is 20.5. The van der Waals surface area contributed by atoms with Crippen molar-refractivity contribution >= 4 is 21.7 Å². The van der Waals surface area contributed by atoms with Gasteiger partial charge in [-0.1, -0.05) is 15.9 Å². The molecule has 3 rings (SSSR count). The average molecular weight is 454 g/mol. The van der Waals surface area contributed by atoms with Crippen LogP contribution in [0.3, 0.4) is 0 Å². The Morgan fingerprint density at radius 3 is 2.38 bits per heavy atom. The van der Waals surface area contributed by atoms with Gasteiger partial charge in [0, 0.05) is 21.2 Å². The van der Waals surface area contributed by atoms with Gasteiger partial charge in [-0.15, -0.1) is 0 Å². The van der Waals surface area contributed by atoms with Crippen molar-refractivity contribution in [3.63, 3.8) is 0 Å². The molecule has 3 aromatic rings. The number of halogens is 1. The Morgan fingerprint density at radius 1 is 1.00 bits per heavy atom. The van der Waals surface area contributed by atoms with Gasteiger partial charge in [0.05, 0.1) is 26.5 Å². The molecule has 0 spiro atoms. The summed E-state index contributed by atoms with van der Waals surface area (Å²) in [7, 11) is 3.15. The minimum absolute atomic E-state index is 0.150. The molecule has 0 atom stereocenters. The average Bonchev–Trinajstić information content (AvgIpc) is 2.74. The van der Waals surface area contributed by atoms with Gasteiger partial charge < -0.3 is 19.9 Å². The molecule has 0 aliphatic rings. The number of pyridine rings is 1. The molecule has 0 unspecified atom stereocenters. The van der Waals surface area contributed by atoms with E-state index in [-0.39, 0.29) is 5.82 Å². The van der Waals surface area contributed by atoms with Crippen molar-refractivity contribution in [1.82, 2.24) is 4.98 Å². The van der Waals surface area contributed by atoms with Crippen LogP contribution in [0, 0.1) is 11.3 Å². The largest absolute Gasteiger partial charge is 0.493 e. The number of hydrogen-bond acceptors (Lipinski definition) is 6. The highest BCUT2D eigenvalue weighted by Crippen LogP contribution is 2.39. The van der Waals surface area contributed by atoms with Crippen LogP contribution in [-0.4, -0.2) is 25.8 Å². The van der Waals surface area contributed by atoms with Gasteiger partial charge in [0.1, 0.15) is 23.2 Å². The Bertz CT molecular complexity index is 1090. The summed E-state index contributed by atoms with van der Waals surface area (Å²) >= 11 is 3.49. The maximum absolute atomic E-state index is 9.70. The highest BCUT2D eigenvalue weighted by molar-refractivity contribution is 9.10. The van der Waals surface area contributed by atoms with E-state index in [4.69, 9.17) is 19.9 Å². The lowest BCUT2D eigenvalue weighted by atomic mass is 9.97. The number of methoxy groups -OCH3 is 2. The van der Waals surface area contributed by atoms with Crippen LogP contribution < -0.4 is 19.9 Å². The monoisotopic (exact) mass is 453 g/mol. The van der Waals surface area contributed by atoms with Crippen molar-refractivity contribution in [3.05, 3.63) is 52.5 Å². The van der Waals surface area contributed by atoms with Crippen LogP contribution in [0.1, 0.15) is 12.5 Å². The molecule has 1 heterocycles. The molecule has 0 saturated heterocycles. The number of nitrogens with two attached hydrogens (primary N) is 1. The van der Waals surface area contributed by atoms with Crippen molar-refractivity contribution < 1.29 is 14.2 Å². The Labute approximate surface area is 178 Å². The van der Waals surface area contributed by atoms with E-state index < -0.39 is 0 Å². The van der Waals surface area contributed by atoms with Gasteiger partial charge in [-0.3, -0.25) is 0 Å². The second kappa shape index (κ2) is 8.84. The van der Waals surface area contributed by atoms with Crippen molar-refractivity contribution in [2.75, 3.05) is 26.6 Å². The summed E-state index contributed by atoms with van der Waals surface area (Å²) in [5.41, 5.74) is 9.26. The molecule has 148 valence electrons. The van der Waals surface area contributed by atoms with Gasteiger partial charge in [-0.25, -0.2) is 4.98 Å². The maximum Gasteiger partial charge on any atom is 0.161 e. The van der Waals surface area contributed by atoms with E-state index >= 15 is 0 Å². The molecule has 0 radical (unpaired) electrons. The molecule has 0 bridgehead atoms.